The quantitative estimate of drug-likeness (QED) is 0.846. The van der Waals surface area contributed by atoms with Gasteiger partial charge in [-0.05, 0) is 18.8 Å². The summed E-state index contributed by atoms with van der Waals surface area (Å²) in [6.07, 6.45) is 9.09. The van der Waals surface area contributed by atoms with E-state index in [1.165, 1.54) is 0 Å². The summed E-state index contributed by atoms with van der Waals surface area (Å²) in [6.45, 7) is 2.05. The molecular formula is C15H20N6. The van der Waals surface area contributed by atoms with Gasteiger partial charge in [0, 0.05) is 51.3 Å². The fraction of sp³-hybridized carbons (Fsp3) is 0.467. The molecule has 2 aromatic heterocycles. The minimum atomic E-state index is 0.608. The molecule has 0 saturated carbocycles. The average Bonchev–Trinajstić information content (AvgIpc) is 2.97. The van der Waals surface area contributed by atoms with Crippen LogP contribution in [-0.2, 0) is 6.42 Å². The number of anilines is 2. The monoisotopic (exact) mass is 284 g/mol. The van der Waals surface area contributed by atoms with E-state index >= 15 is 0 Å². The van der Waals surface area contributed by atoms with Gasteiger partial charge in [-0.3, -0.25) is 4.98 Å². The molecule has 0 amide bonds. The maximum atomic E-state index is 4.40. The Labute approximate surface area is 124 Å². The van der Waals surface area contributed by atoms with Gasteiger partial charge in [-0.1, -0.05) is 0 Å². The predicted octanol–water partition coefficient (Wildman–Crippen LogP) is 1.40. The molecule has 6 heteroatoms. The van der Waals surface area contributed by atoms with Crippen LogP contribution in [0.1, 0.15) is 12.1 Å². The molecule has 0 bridgehead atoms. The largest absolute Gasteiger partial charge is 0.363 e. The zero-order chi connectivity index (χ0) is 14.7. The molecule has 0 aromatic carbocycles. The Hall–Kier alpha value is -2.24. The molecule has 1 saturated heterocycles. The van der Waals surface area contributed by atoms with Gasteiger partial charge in [-0.15, -0.1) is 0 Å². The molecule has 0 aliphatic carbocycles. The Bertz CT molecular complexity index is 586. The summed E-state index contributed by atoms with van der Waals surface area (Å²) in [6, 6.07) is 2.07. The van der Waals surface area contributed by atoms with Crippen molar-refractivity contribution in [2.45, 2.75) is 12.8 Å². The van der Waals surface area contributed by atoms with Gasteiger partial charge in [0.25, 0.3) is 0 Å². The lowest BCUT2D eigenvalue weighted by Gasteiger charge is -2.17. The number of rotatable bonds is 4. The standard InChI is InChI=1S/C15H20N6/c1-20(2)14-8-13(18-11-19-14)7-12-3-6-21(10-12)15-9-16-4-5-17-15/h4-5,8-9,11-12H,3,6-7,10H2,1-2H3/t12-/m1/s1. The minimum absolute atomic E-state index is 0.608. The fourth-order valence-corrected chi connectivity index (χ4v) is 2.70. The van der Waals surface area contributed by atoms with E-state index in [4.69, 9.17) is 0 Å². The molecule has 1 aliphatic rings. The van der Waals surface area contributed by atoms with Crippen molar-refractivity contribution in [3.8, 4) is 0 Å². The summed E-state index contributed by atoms with van der Waals surface area (Å²) in [5.41, 5.74) is 1.11. The smallest absolute Gasteiger partial charge is 0.147 e. The summed E-state index contributed by atoms with van der Waals surface area (Å²) in [7, 11) is 4.00. The Kier molecular flexibility index (Phi) is 3.94. The van der Waals surface area contributed by atoms with Crippen molar-refractivity contribution in [2.24, 2.45) is 5.92 Å². The summed E-state index contributed by atoms with van der Waals surface area (Å²) < 4.78 is 0. The summed E-state index contributed by atoms with van der Waals surface area (Å²) in [5, 5.41) is 0. The van der Waals surface area contributed by atoms with Crippen molar-refractivity contribution in [1.82, 2.24) is 19.9 Å². The van der Waals surface area contributed by atoms with E-state index in [1.807, 2.05) is 25.2 Å². The molecule has 1 atom stereocenters. The van der Waals surface area contributed by atoms with Crippen molar-refractivity contribution in [3.63, 3.8) is 0 Å². The second kappa shape index (κ2) is 6.03. The van der Waals surface area contributed by atoms with Crippen LogP contribution in [0.4, 0.5) is 11.6 Å². The average molecular weight is 284 g/mol. The van der Waals surface area contributed by atoms with Crippen molar-refractivity contribution in [2.75, 3.05) is 37.0 Å². The molecular weight excluding hydrogens is 264 g/mol. The van der Waals surface area contributed by atoms with Crippen LogP contribution >= 0.6 is 0 Å². The van der Waals surface area contributed by atoms with Gasteiger partial charge in [0.05, 0.1) is 6.20 Å². The topological polar surface area (TPSA) is 58.0 Å². The summed E-state index contributed by atoms with van der Waals surface area (Å²) >= 11 is 0. The maximum Gasteiger partial charge on any atom is 0.147 e. The van der Waals surface area contributed by atoms with Gasteiger partial charge in [0.15, 0.2) is 0 Å². The highest BCUT2D eigenvalue weighted by Gasteiger charge is 2.24. The highest BCUT2D eigenvalue weighted by Crippen LogP contribution is 2.24. The lowest BCUT2D eigenvalue weighted by Crippen LogP contribution is -2.21. The molecule has 2 aromatic rings. The second-order valence-electron chi connectivity index (χ2n) is 5.63. The molecule has 0 radical (unpaired) electrons. The van der Waals surface area contributed by atoms with Gasteiger partial charge in [0.1, 0.15) is 18.0 Å². The Morgan fingerprint density at radius 1 is 1.24 bits per heavy atom. The van der Waals surface area contributed by atoms with E-state index in [2.05, 4.69) is 30.9 Å². The van der Waals surface area contributed by atoms with Gasteiger partial charge in [0.2, 0.25) is 0 Å². The van der Waals surface area contributed by atoms with Crippen LogP contribution in [-0.4, -0.2) is 47.1 Å². The highest BCUT2D eigenvalue weighted by molar-refractivity contribution is 5.38. The number of hydrogen-bond donors (Lipinski definition) is 0. The first-order valence-electron chi connectivity index (χ1n) is 7.21. The van der Waals surface area contributed by atoms with Crippen LogP contribution < -0.4 is 9.80 Å². The van der Waals surface area contributed by atoms with E-state index in [-0.39, 0.29) is 0 Å². The van der Waals surface area contributed by atoms with Gasteiger partial charge in [-0.2, -0.15) is 0 Å². The lowest BCUT2D eigenvalue weighted by atomic mass is 10.0. The van der Waals surface area contributed by atoms with Crippen molar-refractivity contribution < 1.29 is 0 Å². The van der Waals surface area contributed by atoms with Crippen molar-refractivity contribution >= 4 is 11.6 Å². The molecule has 0 unspecified atom stereocenters. The predicted molar refractivity (Wildman–Crippen MR) is 82.4 cm³/mol. The third kappa shape index (κ3) is 3.26. The number of aromatic nitrogens is 4. The third-order valence-corrected chi connectivity index (χ3v) is 3.82. The van der Waals surface area contributed by atoms with E-state index in [0.717, 1.165) is 43.3 Å². The number of hydrogen-bond acceptors (Lipinski definition) is 6. The van der Waals surface area contributed by atoms with Crippen LogP contribution in [0.3, 0.4) is 0 Å². The normalized spacial score (nSPS) is 18.0. The van der Waals surface area contributed by atoms with Crippen molar-refractivity contribution in [3.05, 3.63) is 36.7 Å². The van der Waals surface area contributed by atoms with Crippen LogP contribution in [0.5, 0.6) is 0 Å². The maximum absolute atomic E-state index is 4.40. The van der Waals surface area contributed by atoms with Crippen LogP contribution in [0.15, 0.2) is 31.0 Å². The van der Waals surface area contributed by atoms with E-state index in [1.54, 1.807) is 18.7 Å². The van der Waals surface area contributed by atoms with Crippen LogP contribution in [0.25, 0.3) is 0 Å². The molecule has 3 heterocycles. The van der Waals surface area contributed by atoms with E-state index < -0.39 is 0 Å². The Morgan fingerprint density at radius 3 is 2.90 bits per heavy atom. The summed E-state index contributed by atoms with van der Waals surface area (Å²) in [5.74, 6) is 2.54. The zero-order valence-corrected chi connectivity index (χ0v) is 12.5. The molecule has 3 rings (SSSR count). The minimum Gasteiger partial charge on any atom is -0.363 e. The Balaban J connectivity index is 1.63. The first-order chi connectivity index (χ1) is 10.2. The zero-order valence-electron chi connectivity index (χ0n) is 12.5. The molecule has 21 heavy (non-hydrogen) atoms. The van der Waals surface area contributed by atoms with Gasteiger partial charge < -0.3 is 9.80 Å². The fourth-order valence-electron chi connectivity index (χ4n) is 2.70. The molecule has 1 fully saturated rings. The molecule has 0 N–H and O–H groups in total. The van der Waals surface area contributed by atoms with Crippen LogP contribution in [0.2, 0.25) is 0 Å². The summed E-state index contributed by atoms with van der Waals surface area (Å²) in [4.78, 5) is 21.5. The van der Waals surface area contributed by atoms with Gasteiger partial charge in [-0.25, -0.2) is 15.0 Å². The van der Waals surface area contributed by atoms with Crippen molar-refractivity contribution in [1.29, 1.82) is 0 Å². The van der Waals surface area contributed by atoms with E-state index in [0.29, 0.717) is 5.92 Å². The van der Waals surface area contributed by atoms with E-state index in [9.17, 15) is 0 Å². The highest BCUT2D eigenvalue weighted by atomic mass is 15.2. The molecule has 0 spiro atoms. The molecule has 110 valence electrons. The molecule has 1 aliphatic heterocycles. The Morgan fingerprint density at radius 2 is 2.14 bits per heavy atom. The molecule has 6 nitrogen and oxygen atoms in total. The third-order valence-electron chi connectivity index (χ3n) is 3.82. The second-order valence-corrected chi connectivity index (χ2v) is 5.63. The SMILES string of the molecule is CN(C)c1cc(C[C@H]2CCN(c3cnccn3)C2)ncn1. The lowest BCUT2D eigenvalue weighted by molar-refractivity contribution is 0.576. The van der Waals surface area contributed by atoms with Gasteiger partial charge >= 0.3 is 0 Å². The first kappa shape index (κ1) is 13.7. The number of nitrogens with zero attached hydrogens (tertiary/aromatic N) is 6. The van der Waals surface area contributed by atoms with Crippen LogP contribution in [0, 0.1) is 5.92 Å². The first-order valence-corrected chi connectivity index (χ1v) is 7.21.